The molecular formula is C23H19Cl2NO7. The highest BCUT2D eigenvalue weighted by molar-refractivity contribution is 6.32. The minimum Gasteiger partial charge on any atom is -0.497 e. The van der Waals surface area contributed by atoms with Gasteiger partial charge in [0.1, 0.15) is 12.3 Å². The molecule has 0 radical (unpaired) electrons. The van der Waals surface area contributed by atoms with Crippen molar-refractivity contribution in [2.75, 3.05) is 13.7 Å². The molecule has 2 aromatic rings. The van der Waals surface area contributed by atoms with Crippen molar-refractivity contribution >= 4 is 41.0 Å². The third-order valence-corrected chi connectivity index (χ3v) is 6.25. The maximum absolute atomic E-state index is 12.9. The molecule has 0 spiro atoms. The van der Waals surface area contributed by atoms with Gasteiger partial charge in [0.15, 0.2) is 6.10 Å². The van der Waals surface area contributed by atoms with Crippen LogP contribution >= 0.6 is 23.2 Å². The van der Waals surface area contributed by atoms with Crippen molar-refractivity contribution in [3.8, 4) is 0 Å². The summed E-state index contributed by atoms with van der Waals surface area (Å²) in [6.45, 7) is 0.846. The number of carbonyl (C=O) groups is 3. The predicted octanol–water partition coefficient (Wildman–Crippen LogP) is 3.72. The van der Waals surface area contributed by atoms with Gasteiger partial charge in [0.2, 0.25) is 11.6 Å². The molecule has 2 heterocycles. The minimum atomic E-state index is -1.85. The van der Waals surface area contributed by atoms with Gasteiger partial charge in [0.25, 0.3) is 0 Å². The summed E-state index contributed by atoms with van der Waals surface area (Å²) in [5.41, 5.74) is -1.10. The number of halogens is 2. The van der Waals surface area contributed by atoms with E-state index in [4.69, 9.17) is 42.5 Å². The van der Waals surface area contributed by atoms with Crippen molar-refractivity contribution in [3.63, 3.8) is 0 Å². The maximum Gasteiger partial charge on any atom is 0.361 e. The highest BCUT2D eigenvalue weighted by Gasteiger charge is 2.60. The van der Waals surface area contributed by atoms with E-state index < -0.39 is 42.1 Å². The molecule has 0 bridgehead atoms. The summed E-state index contributed by atoms with van der Waals surface area (Å²) in [6.07, 6.45) is 0.110. The number of hydrogen-bond acceptors (Lipinski definition) is 7. The number of hydrogen-bond donors (Lipinski definition) is 0. The zero-order chi connectivity index (χ0) is 23.8. The molecule has 1 saturated heterocycles. The molecule has 33 heavy (non-hydrogen) atoms. The number of cyclic esters (lactones) is 1. The lowest BCUT2D eigenvalue weighted by Crippen LogP contribution is -2.61. The fourth-order valence-electron chi connectivity index (χ4n) is 4.23. The van der Waals surface area contributed by atoms with Gasteiger partial charge < -0.3 is 9.47 Å². The Bertz CT molecular complexity index is 1150. The average Bonchev–Trinajstić information content (AvgIpc) is 3.16. The molecule has 0 aromatic heterocycles. The fourth-order valence-corrected chi connectivity index (χ4v) is 4.76. The summed E-state index contributed by atoms with van der Waals surface area (Å²) in [6, 6.07) is 13.4. The lowest BCUT2D eigenvalue weighted by atomic mass is 9.77. The number of rotatable bonds is 5. The van der Waals surface area contributed by atoms with Crippen molar-refractivity contribution in [2.24, 2.45) is 0 Å². The van der Waals surface area contributed by atoms with Crippen molar-refractivity contribution in [2.45, 2.75) is 24.7 Å². The van der Waals surface area contributed by atoms with Crippen LogP contribution in [0.1, 0.15) is 24.0 Å². The first kappa shape index (κ1) is 23.1. The summed E-state index contributed by atoms with van der Waals surface area (Å²) in [7, 11) is 1.39. The van der Waals surface area contributed by atoms with Gasteiger partial charge in [-0.2, -0.15) is 4.89 Å². The smallest absolute Gasteiger partial charge is 0.361 e. The first-order chi connectivity index (χ1) is 15.8. The van der Waals surface area contributed by atoms with Crippen LogP contribution in [-0.2, 0) is 39.4 Å². The Morgan fingerprint density at radius 2 is 1.79 bits per heavy atom. The fraction of sp³-hybridized carbons (Fsp3) is 0.261. The summed E-state index contributed by atoms with van der Waals surface area (Å²) in [5.74, 6) is -2.79. The zero-order valence-electron chi connectivity index (χ0n) is 17.6. The SMILES string of the molecule is COC1=CC(=O)OC1C(c1ccccc1Cl)C1(c2ccccc2Cl)OOC(=O)CN1C(C)=O. The number of amides is 1. The van der Waals surface area contributed by atoms with Crippen LogP contribution in [0.4, 0.5) is 0 Å². The molecule has 4 rings (SSSR count). The van der Waals surface area contributed by atoms with Crippen LogP contribution in [0.3, 0.4) is 0 Å². The van der Waals surface area contributed by atoms with Crippen LogP contribution < -0.4 is 0 Å². The molecule has 10 heteroatoms. The van der Waals surface area contributed by atoms with Crippen LogP contribution in [0.15, 0.2) is 60.4 Å². The lowest BCUT2D eigenvalue weighted by Gasteiger charge is -2.49. The average molecular weight is 492 g/mol. The largest absolute Gasteiger partial charge is 0.497 e. The zero-order valence-corrected chi connectivity index (χ0v) is 19.1. The van der Waals surface area contributed by atoms with Gasteiger partial charge in [-0.05, 0) is 17.7 Å². The van der Waals surface area contributed by atoms with E-state index in [1.54, 1.807) is 48.5 Å². The highest BCUT2D eigenvalue weighted by Crippen LogP contribution is 2.52. The molecule has 3 unspecified atom stereocenters. The first-order valence-corrected chi connectivity index (χ1v) is 10.7. The molecule has 0 aliphatic carbocycles. The highest BCUT2D eigenvalue weighted by atomic mass is 35.5. The molecule has 2 aliphatic heterocycles. The van der Waals surface area contributed by atoms with E-state index in [1.807, 2.05) is 0 Å². The van der Waals surface area contributed by atoms with E-state index in [-0.39, 0.29) is 10.8 Å². The van der Waals surface area contributed by atoms with Gasteiger partial charge in [-0.3, -0.25) is 14.6 Å². The Hall–Kier alpha value is -3.07. The number of methoxy groups -OCH3 is 1. The first-order valence-electron chi connectivity index (χ1n) is 9.92. The number of carbonyl (C=O) groups excluding carboxylic acids is 3. The second-order valence-electron chi connectivity index (χ2n) is 7.43. The Labute approximate surface area is 199 Å². The number of esters is 1. The van der Waals surface area contributed by atoms with Crippen LogP contribution in [0.2, 0.25) is 10.0 Å². The standard InChI is InChI=1S/C23H19Cl2NO7/c1-13(27)26-12-20(29)32-33-23(26,15-8-4-6-10-17(15)25)21(14-7-3-5-9-16(14)24)22-18(30-2)11-19(28)31-22/h3-11,21-22H,12H2,1-2H3. The van der Waals surface area contributed by atoms with Crippen molar-refractivity contribution in [1.29, 1.82) is 0 Å². The van der Waals surface area contributed by atoms with Crippen LogP contribution in [0.5, 0.6) is 0 Å². The summed E-state index contributed by atoms with van der Waals surface area (Å²) in [4.78, 5) is 49.3. The van der Waals surface area contributed by atoms with Gasteiger partial charge in [-0.25, -0.2) is 9.59 Å². The second-order valence-corrected chi connectivity index (χ2v) is 8.24. The van der Waals surface area contributed by atoms with Crippen molar-refractivity contribution in [3.05, 3.63) is 81.5 Å². The van der Waals surface area contributed by atoms with Crippen LogP contribution in [0, 0.1) is 0 Å². The summed E-state index contributed by atoms with van der Waals surface area (Å²) in [5, 5.41) is 0.530. The Morgan fingerprint density at radius 3 is 2.42 bits per heavy atom. The maximum atomic E-state index is 12.9. The summed E-state index contributed by atoms with van der Waals surface area (Å²) < 4.78 is 11.0. The van der Waals surface area contributed by atoms with Gasteiger partial charge in [-0.15, -0.1) is 0 Å². The monoisotopic (exact) mass is 491 g/mol. The Balaban J connectivity index is 2.07. The summed E-state index contributed by atoms with van der Waals surface area (Å²) >= 11 is 13.2. The third kappa shape index (κ3) is 3.94. The van der Waals surface area contributed by atoms with E-state index in [0.717, 1.165) is 0 Å². The lowest BCUT2D eigenvalue weighted by molar-refractivity contribution is -0.400. The molecule has 0 saturated carbocycles. The molecule has 0 N–H and O–H groups in total. The molecule has 2 aliphatic rings. The Kier molecular flexibility index (Phi) is 6.34. The van der Waals surface area contributed by atoms with Crippen LogP contribution in [0.25, 0.3) is 0 Å². The van der Waals surface area contributed by atoms with Gasteiger partial charge in [0, 0.05) is 22.5 Å². The molecular weight excluding hydrogens is 473 g/mol. The third-order valence-electron chi connectivity index (χ3n) is 5.57. The topological polar surface area (TPSA) is 91.4 Å². The van der Waals surface area contributed by atoms with Gasteiger partial charge in [0.05, 0.1) is 19.1 Å². The molecule has 3 atom stereocenters. The normalized spacial score (nSPS) is 23.5. The minimum absolute atomic E-state index is 0.181. The number of nitrogens with zero attached hydrogens (tertiary/aromatic N) is 1. The number of ether oxygens (including phenoxy) is 2. The predicted molar refractivity (Wildman–Crippen MR) is 117 cm³/mol. The molecule has 1 fully saturated rings. The molecule has 1 amide bonds. The quantitative estimate of drug-likeness (QED) is 0.464. The van der Waals surface area contributed by atoms with E-state index >= 15 is 0 Å². The molecule has 2 aromatic carbocycles. The van der Waals surface area contributed by atoms with Gasteiger partial charge in [-0.1, -0.05) is 59.6 Å². The molecule has 8 nitrogen and oxygen atoms in total. The number of benzene rings is 2. The van der Waals surface area contributed by atoms with E-state index in [1.165, 1.54) is 25.0 Å². The van der Waals surface area contributed by atoms with Crippen LogP contribution in [-0.4, -0.2) is 42.5 Å². The van der Waals surface area contributed by atoms with Crippen molar-refractivity contribution in [1.82, 2.24) is 4.90 Å². The van der Waals surface area contributed by atoms with E-state index in [0.29, 0.717) is 16.1 Å². The van der Waals surface area contributed by atoms with Gasteiger partial charge >= 0.3 is 11.9 Å². The molecule has 172 valence electrons. The van der Waals surface area contributed by atoms with E-state index in [9.17, 15) is 14.4 Å². The van der Waals surface area contributed by atoms with E-state index in [2.05, 4.69) is 0 Å². The van der Waals surface area contributed by atoms with Crippen molar-refractivity contribution < 1.29 is 33.6 Å². The second kappa shape index (κ2) is 9.05. The Morgan fingerprint density at radius 1 is 1.12 bits per heavy atom.